The van der Waals surface area contributed by atoms with Crippen molar-refractivity contribution in [1.29, 1.82) is 0 Å². The lowest BCUT2D eigenvalue weighted by molar-refractivity contribution is -0.176. The van der Waals surface area contributed by atoms with Crippen molar-refractivity contribution in [3.63, 3.8) is 0 Å². The fraction of sp³-hybridized carbons (Fsp3) is 0.500. The van der Waals surface area contributed by atoms with E-state index in [2.05, 4.69) is 35.1 Å². The van der Waals surface area contributed by atoms with Gasteiger partial charge in [0.25, 0.3) is 0 Å². The number of alkyl halides is 3. The number of aryl methyl sites for hydroxylation is 1. The topological polar surface area (TPSA) is 76.4 Å². The lowest BCUT2D eigenvalue weighted by Crippen LogP contribution is -2.37. The number of rotatable bonds is 7. The van der Waals surface area contributed by atoms with Gasteiger partial charge in [-0.15, -0.1) is 10.2 Å². The van der Waals surface area contributed by atoms with Crippen molar-refractivity contribution in [2.75, 3.05) is 13.7 Å². The standard InChI is InChI=1S/C18H23F3N6O/c1-22-17(24-10-16-26-25-15-3-2-8-27(15)16)23-9-13-4-6-14(7-5-13)11-28-12-18(19,20)21/h4-7H,2-3,8-12H2,1H3,(H2,22,23,24). The monoisotopic (exact) mass is 396 g/mol. The highest BCUT2D eigenvalue weighted by Gasteiger charge is 2.27. The number of hydrogen-bond donors (Lipinski definition) is 2. The molecule has 1 aliphatic heterocycles. The van der Waals surface area contributed by atoms with Crippen LogP contribution in [0.5, 0.6) is 0 Å². The molecule has 1 aromatic heterocycles. The van der Waals surface area contributed by atoms with E-state index in [9.17, 15) is 13.2 Å². The van der Waals surface area contributed by atoms with Crippen molar-refractivity contribution in [1.82, 2.24) is 25.4 Å². The largest absolute Gasteiger partial charge is 0.411 e. The molecule has 152 valence electrons. The van der Waals surface area contributed by atoms with Gasteiger partial charge in [-0.3, -0.25) is 4.99 Å². The van der Waals surface area contributed by atoms with E-state index in [-0.39, 0.29) is 6.61 Å². The minimum Gasteiger partial charge on any atom is -0.367 e. The van der Waals surface area contributed by atoms with Crippen molar-refractivity contribution in [2.24, 2.45) is 4.99 Å². The summed E-state index contributed by atoms with van der Waals surface area (Å²) in [4.78, 5) is 4.19. The molecule has 0 spiro atoms. The summed E-state index contributed by atoms with van der Waals surface area (Å²) in [6.07, 6.45) is -2.24. The van der Waals surface area contributed by atoms with Crippen LogP contribution in [0.3, 0.4) is 0 Å². The molecule has 0 saturated carbocycles. The van der Waals surface area contributed by atoms with E-state index in [1.165, 1.54) is 0 Å². The molecular formula is C18H23F3N6O. The zero-order valence-electron chi connectivity index (χ0n) is 15.6. The molecule has 0 amide bonds. The van der Waals surface area contributed by atoms with Gasteiger partial charge in [-0.05, 0) is 17.5 Å². The lowest BCUT2D eigenvalue weighted by atomic mass is 10.1. The first-order valence-corrected chi connectivity index (χ1v) is 9.02. The summed E-state index contributed by atoms with van der Waals surface area (Å²) >= 11 is 0. The molecule has 0 bridgehead atoms. The molecule has 0 fully saturated rings. The number of ether oxygens (including phenoxy) is 1. The fourth-order valence-electron chi connectivity index (χ4n) is 2.95. The van der Waals surface area contributed by atoms with Gasteiger partial charge >= 0.3 is 6.18 Å². The number of guanidine groups is 1. The molecule has 3 rings (SSSR count). The number of benzene rings is 1. The maximum absolute atomic E-state index is 12.1. The van der Waals surface area contributed by atoms with E-state index in [0.717, 1.165) is 36.6 Å². The Kier molecular flexibility index (Phi) is 6.50. The third kappa shape index (κ3) is 5.69. The van der Waals surface area contributed by atoms with Crippen LogP contribution in [0, 0.1) is 0 Å². The Morgan fingerprint density at radius 2 is 1.86 bits per heavy atom. The van der Waals surface area contributed by atoms with Gasteiger partial charge in [0.2, 0.25) is 0 Å². The van der Waals surface area contributed by atoms with Gasteiger partial charge in [-0.25, -0.2) is 0 Å². The summed E-state index contributed by atoms with van der Waals surface area (Å²) in [5.41, 5.74) is 1.67. The fourth-order valence-corrected chi connectivity index (χ4v) is 2.95. The molecule has 2 heterocycles. The van der Waals surface area contributed by atoms with Crippen molar-refractivity contribution >= 4 is 5.96 Å². The van der Waals surface area contributed by atoms with Gasteiger partial charge in [0.15, 0.2) is 11.8 Å². The first-order valence-electron chi connectivity index (χ1n) is 9.02. The highest BCUT2D eigenvalue weighted by molar-refractivity contribution is 5.79. The molecule has 0 radical (unpaired) electrons. The number of nitrogens with one attached hydrogen (secondary N) is 2. The average Bonchev–Trinajstić information content (AvgIpc) is 3.26. The minimum atomic E-state index is -4.31. The molecule has 1 aliphatic rings. The number of halogens is 3. The summed E-state index contributed by atoms with van der Waals surface area (Å²) in [7, 11) is 1.69. The maximum atomic E-state index is 12.1. The molecule has 0 saturated heterocycles. The number of nitrogens with zero attached hydrogens (tertiary/aromatic N) is 4. The van der Waals surface area contributed by atoms with Crippen LogP contribution in [-0.4, -0.2) is 40.6 Å². The van der Waals surface area contributed by atoms with E-state index >= 15 is 0 Å². The van der Waals surface area contributed by atoms with E-state index in [1.54, 1.807) is 19.2 Å². The maximum Gasteiger partial charge on any atom is 0.411 e. The van der Waals surface area contributed by atoms with Crippen LogP contribution in [0.4, 0.5) is 13.2 Å². The first kappa shape index (κ1) is 20.1. The van der Waals surface area contributed by atoms with Crippen LogP contribution in [0.2, 0.25) is 0 Å². The SMILES string of the molecule is CN=C(NCc1ccc(COCC(F)(F)F)cc1)NCc1nnc2n1CCC2. The Bertz CT molecular complexity index is 801. The average molecular weight is 396 g/mol. The number of hydrogen-bond acceptors (Lipinski definition) is 4. The van der Waals surface area contributed by atoms with E-state index < -0.39 is 12.8 Å². The molecule has 0 unspecified atom stereocenters. The highest BCUT2D eigenvalue weighted by atomic mass is 19.4. The van der Waals surface area contributed by atoms with Crippen molar-refractivity contribution in [2.45, 2.75) is 45.3 Å². The first-order chi connectivity index (χ1) is 13.4. The van der Waals surface area contributed by atoms with Gasteiger partial charge in [-0.1, -0.05) is 24.3 Å². The van der Waals surface area contributed by atoms with Crippen LogP contribution in [0.15, 0.2) is 29.3 Å². The Morgan fingerprint density at radius 3 is 2.57 bits per heavy atom. The molecular weight excluding hydrogens is 373 g/mol. The summed E-state index contributed by atoms with van der Waals surface area (Å²) in [6, 6.07) is 7.20. The Labute approximate surface area is 161 Å². The summed E-state index contributed by atoms with van der Waals surface area (Å²) in [6.45, 7) is 0.695. The Balaban J connectivity index is 1.43. The lowest BCUT2D eigenvalue weighted by Gasteiger charge is -2.12. The van der Waals surface area contributed by atoms with Crippen LogP contribution in [-0.2, 0) is 37.4 Å². The van der Waals surface area contributed by atoms with Gasteiger partial charge < -0.3 is 19.9 Å². The molecule has 2 N–H and O–H groups in total. The molecule has 7 nitrogen and oxygen atoms in total. The Hall–Kier alpha value is -2.62. The third-order valence-corrected chi connectivity index (χ3v) is 4.34. The van der Waals surface area contributed by atoms with Crippen molar-refractivity contribution in [3.8, 4) is 0 Å². The van der Waals surface area contributed by atoms with Gasteiger partial charge in [0.05, 0.1) is 13.2 Å². The molecule has 10 heteroatoms. The van der Waals surface area contributed by atoms with Gasteiger partial charge in [0.1, 0.15) is 12.4 Å². The van der Waals surface area contributed by atoms with Gasteiger partial charge in [0, 0.05) is 26.6 Å². The van der Waals surface area contributed by atoms with E-state index in [4.69, 9.17) is 0 Å². The van der Waals surface area contributed by atoms with Crippen LogP contribution >= 0.6 is 0 Å². The molecule has 0 aliphatic carbocycles. The second kappa shape index (κ2) is 9.05. The molecule has 28 heavy (non-hydrogen) atoms. The van der Waals surface area contributed by atoms with E-state index in [0.29, 0.717) is 24.6 Å². The predicted molar refractivity (Wildman–Crippen MR) is 97.5 cm³/mol. The Morgan fingerprint density at radius 1 is 1.14 bits per heavy atom. The molecule has 1 aromatic carbocycles. The normalized spacial score (nSPS) is 14.2. The van der Waals surface area contributed by atoms with Crippen molar-refractivity contribution < 1.29 is 17.9 Å². The predicted octanol–water partition coefficient (Wildman–Crippen LogP) is 2.17. The second-order valence-electron chi connectivity index (χ2n) is 6.49. The van der Waals surface area contributed by atoms with Crippen molar-refractivity contribution in [3.05, 3.63) is 47.0 Å². The summed E-state index contributed by atoms with van der Waals surface area (Å²) in [5.74, 6) is 2.55. The molecule has 2 aromatic rings. The number of aliphatic imine (C=N–C) groups is 1. The van der Waals surface area contributed by atoms with Crippen LogP contribution < -0.4 is 10.6 Å². The molecule has 0 atom stereocenters. The smallest absolute Gasteiger partial charge is 0.367 e. The zero-order chi connectivity index (χ0) is 20.0. The summed E-state index contributed by atoms with van der Waals surface area (Å²) < 4.78 is 43.1. The zero-order valence-corrected chi connectivity index (χ0v) is 15.6. The number of aromatic nitrogens is 3. The summed E-state index contributed by atoms with van der Waals surface area (Å²) in [5, 5.41) is 14.8. The van der Waals surface area contributed by atoms with Crippen LogP contribution in [0.25, 0.3) is 0 Å². The third-order valence-electron chi connectivity index (χ3n) is 4.34. The highest BCUT2D eigenvalue weighted by Crippen LogP contribution is 2.16. The van der Waals surface area contributed by atoms with E-state index in [1.807, 2.05) is 12.1 Å². The van der Waals surface area contributed by atoms with Crippen LogP contribution in [0.1, 0.15) is 29.2 Å². The quantitative estimate of drug-likeness (QED) is 0.554. The van der Waals surface area contributed by atoms with Gasteiger partial charge in [-0.2, -0.15) is 13.2 Å². The number of fused-ring (bicyclic) bond motifs is 1. The minimum absolute atomic E-state index is 0.0703. The second-order valence-corrected chi connectivity index (χ2v) is 6.49.